The van der Waals surface area contributed by atoms with Crippen molar-refractivity contribution in [3.63, 3.8) is 0 Å². The SMILES string of the molecule is O=C(CCOC=C(COCCC(=O)NCCOCCOCCOCCC(=O)ON1C(=O)CCC1=O)COCCC(=O)NCCOCCOCCOCCC(=O)ON1C(=O)CCC1=O)NCCOCCOCCOCCC(=O)ON1C(=O)CCC1=O. The number of carbonyl (C=O) groups is 12. The zero-order valence-corrected chi connectivity index (χ0v) is 47.8. The lowest BCUT2D eigenvalue weighted by Gasteiger charge is -2.12. The molecule has 3 heterocycles. The molecule has 0 aliphatic carbocycles. The molecule has 33 nitrogen and oxygen atoms in total. The molecule has 85 heavy (non-hydrogen) atoms. The van der Waals surface area contributed by atoms with Gasteiger partial charge in [0.2, 0.25) is 17.7 Å². The maximum absolute atomic E-state index is 12.4. The highest BCUT2D eigenvalue weighted by molar-refractivity contribution is 6.03. The molecule has 0 aromatic carbocycles. The van der Waals surface area contributed by atoms with Gasteiger partial charge < -0.3 is 87.3 Å². The van der Waals surface area contributed by atoms with Crippen molar-refractivity contribution < 1.29 is 129 Å². The summed E-state index contributed by atoms with van der Waals surface area (Å²) in [7, 11) is 0. The van der Waals surface area contributed by atoms with E-state index in [1.54, 1.807) is 0 Å². The standard InChI is InChI=1S/C52H80N6O27/c59-41(53-13-22-74-28-34-77-31-25-71-19-10-50(68)83-56-44(62)1-2-45(56)63)7-16-80-37-40(38-81-17-8-42(60)54-14-23-75-29-35-78-32-26-72-20-11-51(69)84-57-46(64)3-4-47(57)65)39-82-18-9-43(61)55-15-24-76-30-36-79-33-27-73-21-12-52(70)85-58-48(66)5-6-49(58)67/h37H,1-36,38-39H2,(H,53,59)(H,54,60)(H,55,61). The van der Waals surface area contributed by atoms with E-state index in [0.29, 0.717) is 20.8 Å². The molecule has 33 heteroatoms. The van der Waals surface area contributed by atoms with Gasteiger partial charge in [-0.25, -0.2) is 14.4 Å². The Morgan fingerprint density at radius 1 is 0.306 bits per heavy atom. The van der Waals surface area contributed by atoms with Crippen molar-refractivity contribution in [2.75, 3.05) is 172 Å². The van der Waals surface area contributed by atoms with Crippen LogP contribution in [0.15, 0.2) is 11.8 Å². The van der Waals surface area contributed by atoms with E-state index in [1.165, 1.54) is 6.26 Å². The molecule has 0 aromatic rings. The molecule has 0 aromatic heterocycles. The van der Waals surface area contributed by atoms with Gasteiger partial charge in [-0.2, -0.15) is 0 Å². The van der Waals surface area contributed by atoms with Crippen LogP contribution >= 0.6 is 0 Å². The largest absolute Gasteiger partial charge is 0.501 e. The Morgan fingerprint density at radius 3 is 0.824 bits per heavy atom. The van der Waals surface area contributed by atoms with Gasteiger partial charge in [0.15, 0.2) is 0 Å². The molecular formula is C52H80N6O27. The van der Waals surface area contributed by atoms with Crippen LogP contribution in [0.3, 0.4) is 0 Å². The van der Waals surface area contributed by atoms with Crippen molar-refractivity contribution in [3.8, 4) is 0 Å². The van der Waals surface area contributed by atoms with Crippen LogP contribution in [0.2, 0.25) is 0 Å². The number of hydrogen-bond acceptors (Lipinski definition) is 27. The molecule has 3 saturated heterocycles. The van der Waals surface area contributed by atoms with Crippen molar-refractivity contribution in [3.05, 3.63) is 11.8 Å². The molecular weight excluding hydrogens is 1140 g/mol. The third kappa shape index (κ3) is 36.1. The van der Waals surface area contributed by atoms with Gasteiger partial charge in [0.05, 0.1) is 184 Å². The van der Waals surface area contributed by atoms with Crippen LogP contribution in [-0.4, -0.2) is 258 Å². The number of rotatable bonds is 53. The fourth-order valence-electron chi connectivity index (χ4n) is 6.74. The predicted octanol–water partition coefficient (Wildman–Crippen LogP) is -2.42. The molecule has 480 valence electrons. The van der Waals surface area contributed by atoms with Crippen molar-refractivity contribution in [1.82, 2.24) is 31.1 Å². The van der Waals surface area contributed by atoms with Gasteiger partial charge in [0.1, 0.15) is 0 Å². The zero-order valence-electron chi connectivity index (χ0n) is 47.8. The first kappa shape index (κ1) is 72.6. The summed E-state index contributed by atoms with van der Waals surface area (Å²) in [6.45, 7) is 4.40. The lowest BCUT2D eigenvalue weighted by molar-refractivity contribution is -0.198. The van der Waals surface area contributed by atoms with E-state index in [9.17, 15) is 57.5 Å². The predicted molar refractivity (Wildman–Crippen MR) is 281 cm³/mol. The molecule has 0 saturated carbocycles. The van der Waals surface area contributed by atoms with Gasteiger partial charge in [0.25, 0.3) is 35.4 Å². The maximum Gasteiger partial charge on any atom is 0.335 e. The molecule has 0 atom stereocenters. The van der Waals surface area contributed by atoms with Crippen LogP contribution < -0.4 is 16.0 Å². The summed E-state index contributed by atoms with van der Waals surface area (Å²) in [6.07, 6.45) is 1.12. The number of ether oxygens (including phenoxy) is 12. The summed E-state index contributed by atoms with van der Waals surface area (Å²) in [5, 5.41) is 9.62. The molecule has 3 aliphatic heterocycles. The Morgan fingerprint density at radius 2 is 0.541 bits per heavy atom. The first-order chi connectivity index (χ1) is 41.2. The monoisotopic (exact) mass is 1220 g/mol. The fourth-order valence-corrected chi connectivity index (χ4v) is 6.74. The molecule has 3 rings (SSSR count). The van der Waals surface area contributed by atoms with Gasteiger partial charge >= 0.3 is 17.9 Å². The highest BCUT2D eigenvalue weighted by atomic mass is 16.7. The Balaban J connectivity index is 1.20. The van der Waals surface area contributed by atoms with Crippen molar-refractivity contribution in [2.45, 2.75) is 77.0 Å². The highest BCUT2D eigenvalue weighted by Crippen LogP contribution is 2.15. The van der Waals surface area contributed by atoms with Crippen molar-refractivity contribution >= 4 is 71.1 Å². The topological polar surface area (TPSA) is 389 Å². The average Bonchev–Trinajstić information content (AvgIpc) is 4.35. The van der Waals surface area contributed by atoms with Crippen LogP contribution in [0.25, 0.3) is 0 Å². The van der Waals surface area contributed by atoms with Gasteiger partial charge in [-0.05, 0) is 0 Å². The smallest absolute Gasteiger partial charge is 0.335 e. The molecule has 0 bridgehead atoms. The van der Waals surface area contributed by atoms with Gasteiger partial charge in [-0.15, -0.1) is 15.2 Å². The van der Waals surface area contributed by atoms with Gasteiger partial charge in [0, 0.05) is 76.6 Å². The molecule has 9 amide bonds. The molecule has 0 unspecified atom stereocenters. The van der Waals surface area contributed by atoms with E-state index in [1.807, 2.05) is 0 Å². The van der Waals surface area contributed by atoms with E-state index < -0.39 is 53.4 Å². The second-order valence-corrected chi connectivity index (χ2v) is 17.9. The Labute approximate surface area is 490 Å². The Hall–Kier alpha value is -6.66. The highest BCUT2D eigenvalue weighted by Gasteiger charge is 2.34. The minimum Gasteiger partial charge on any atom is -0.501 e. The molecule has 0 radical (unpaired) electrons. The Bertz CT molecular complexity index is 1990. The van der Waals surface area contributed by atoms with Crippen LogP contribution in [0.1, 0.15) is 77.0 Å². The number of amides is 9. The van der Waals surface area contributed by atoms with E-state index in [-0.39, 0.29) is 266 Å². The third-order valence-corrected chi connectivity index (χ3v) is 11.1. The molecule has 0 spiro atoms. The Kier molecular flexibility index (Phi) is 39.8. The van der Waals surface area contributed by atoms with E-state index in [0.717, 1.165) is 0 Å². The number of carbonyl (C=O) groups excluding carboxylic acids is 12. The summed E-state index contributed by atoms with van der Waals surface area (Å²) in [5.41, 5.74) is 0.535. The summed E-state index contributed by atoms with van der Waals surface area (Å²) in [4.78, 5) is 156. The quantitative estimate of drug-likeness (QED) is 0.0324. The van der Waals surface area contributed by atoms with E-state index in [4.69, 9.17) is 71.4 Å². The van der Waals surface area contributed by atoms with Crippen molar-refractivity contribution in [2.24, 2.45) is 0 Å². The summed E-state index contributed by atoms with van der Waals surface area (Å²) in [6, 6.07) is 0. The third-order valence-electron chi connectivity index (χ3n) is 11.1. The van der Waals surface area contributed by atoms with Crippen LogP contribution in [0, 0.1) is 0 Å². The number of hydroxylamine groups is 6. The van der Waals surface area contributed by atoms with Crippen LogP contribution in [0.4, 0.5) is 0 Å². The molecule has 3 aliphatic rings. The number of hydrogen-bond donors (Lipinski definition) is 3. The van der Waals surface area contributed by atoms with Crippen molar-refractivity contribution in [1.29, 1.82) is 0 Å². The normalized spacial score (nSPS) is 14.1. The second-order valence-electron chi connectivity index (χ2n) is 17.9. The summed E-state index contributed by atoms with van der Waals surface area (Å²) >= 11 is 0. The summed E-state index contributed by atoms with van der Waals surface area (Å²) in [5.74, 6) is -6.47. The van der Waals surface area contributed by atoms with Gasteiger partial charge in [-0.1, -0.05) is 0 Å². The molecule has 3 N–H and O–H groups in total. The summed E-state index contributed by atoms with van der Waals surface area (Å²) < 4.78 is 65.5. The lowest BCUT2D eigenvalue weighted by atomic mass is 10.3. The number of nitrogens with zero attached hydrogens (tertiary/aromatic N) is 3. The number of nitrogens with one attached hydrogen (secondary N) is 3. The first-order valence-electron chi connectivity index (χ1n) is 27.9. The van der Waals surface area contributed by atoms with Crippen LogP contribution in [-0.2, 0) is 129 Å². The minimum absolute atomic E-state index is 0.00920. The fraction of sp³-hybridized carbons (Fsp3) is 0.731. The average molecular weight is 1220 g/mol. The van der Waals surface area contributed by atoms with Gasteiger partial charge in [-0.3, -0.25) is 43.2 Å². The van der Waals surface area contributed by atoms with E-state index >= 15 is 0 Å². The molecule has 3 fully saturated rings. The zero-order chi connectivity index (χ0) is 61.5. The minimum atomic E-state index is -0.759. The first-order valence-corrected chi connectivity index (χ1v) is 27.9. The van der Waals surface area contributed by atoms with E-state index in [2.05, 4.69) is 16.0 Å². The number of imide groups is 3. The van der Waals surface area contributed by atoms with Crippen LogP contribution in [0.5, 0.6) is 0 Å². The second kappa shape index (κ2) is 46.6. The lowest BCUT2D eigenvalue weighted by Crippen LogP contribution is -2.32. The maximum atomic E-state index is 12.4.